The van der Waals surface area contributed by atoms with Gasteiger partial charge in [-0.25, -0.2) is 18.8 Å². The summed E-state index contributed by atoms with van der Waals surface area (Å²) >= 11 is 12.1. The molecule has 0 atom stereocenters. The molecule has 0 saturated carbocycles. The van der Waals surface area contributed by atoms with Crippen LogP contribution in [0, 0.1) is 0 Å². The number of nitrogens with one attached hydrogen (secondary N) is 1. The summed E-state index contributed by atoms with van der Waals surface area (Å²) in [7, 11) is -3.57. The van der Waals surface area contributed by atoms with Gasteiger partial charge in [0.2, 0.25) is 10.0 Å². The maximum absolute atomic E-state index is 12.5. The second-order valence-electron chi connectivity index (χ2n) is 7.70. The van der Waals surface area contributed by atoms with Crippen LogP contribution in [0.25, 0.3) is 10.9 Å². The third-order valence-corrected chi connectivity index (χ3v) is 6.83. The van der Waals surface area contributed by atoms with Gasteiger partial charge < -0.3 is 0 Å². The molecular formula is C25H20Cl2N4O3S. The van der Waals surface area contributed by atoms with Crippen molar-refractivity contribution >= 4 is 61.9 Å². The molecule has 0 bridgehead atoms. The fourth-order valence-corrected chi connectivity index (χ4v) is 4.57. The van der Waals surface area contributed by atoms with Gasteiger partial charge in [-0.05, 0) is 54.1 Å². The quantitative estimate of drug-likeness (QED) is 0.201. The zero-order chi connectivity index (χ0) is 25.0. The van der Waals surface area contributed by atoms with Crippen molar-refractivity contribution in [2.24, 2.45) is 5.10 Å². The van der Waals surface area contributed by atoms with Gasteiger partial charge in [-0.15, -0.1) is 0 Å². The van der Waals surface area contributed by atoms with Gasteiger partial charge in [-0.2, -0.15) is 5.10 Å². The molecule has 0 radical (unpaired) electrons. The highest BCUT2D eigenvalue weighted by atomic mass is 35.5. The molecule has 0 saturated heterocycles. The minimum Gasteiger partial charge on any atom is -0.267 e. The lowest BCUT2D eigenvalue weighted by atomic mass is 10.2. The average molecular weight is 527 g/mol. The number of nitrogens with zero attached hydrogens (tertiary/aromatic N) is 3. The molecule has 1 heterocycles. The molecule has 0 fully saturated rings. The second kappa shape index (κ2) is 10.4. The number of halogens is 2. The summed E-state index contributed by atoms with van der Waals surface area (Å²) < 4.78 is 26.0. The van der Waals surface area contributed by atoms with Crippen molar-refractivity contribution < 1.29 is 13.2 Å². The van der Waals surface area contributed by atoms with Gasteiger partial charge in [0.15, 0.2) is 0 Å². The highest BCUT2D eigenvalue weighted by molar-refractivity contribution is 7.92. The van der Waals surface area contributed by atoms with Crippen LogP contribution in [0.5, 0.6) is 0 Å². The Labute approximate surface area is 213 Å². The summed E-state index contributed by atoms with van der Waals surface area (Å²) in [6, 6.07) is 22.5. The van der Waals surface area contributed by atoms with Crippen LogP contribution in [0.2, 0.25) is 10.2 Å². The number of para-hydroxylation sites is 1. The normalized spacial score (nSPS) is 11.6. The molecule has 4 aromatic rings. The Hall–Kier alpha value is -3.46. The van der Waals surface area contributed by atoms with Crippen LogP contribution in [0.4, 0.5) is 5.69 Å². The predicted molar refractivity (Wildman–Crippen MR) is 141 cm³/mol. The van der Waals surface area contributed by atoms with Crippen molar-refractivity contribution in [2.75, 3.05) is 10.6 Å². The first-order valence-corrected chi connectivity index (χ1v) is 13.0. The summed E-state index contributed by atoms with van der Waals surface area (Å²) in [6.45, 7) is 0.131. The highest BCUT2D eigenvalue weighted by Gasteiger charge is 2.18. The Morgan fingerprint density at radius 1 is 1.03 bits per heavy atom. The number of hydrogen-bond donors (Lipinski definition) is 1. The van der Waals surface area contributed by atoms with Gasteiger partial charge in [-0.3, -0.25) is 9.10 Å². The molecule has 7 nitrogen and oxygen atoms in total. The van der Waals surface area contributed by atoms with Crippen molar-refractivity contribution in [1.29, 1.82) is 0 Å². The molecular weight excluding hydrogens is 507 g/mol. The maximum atomic E-state index is 12.5. The lowest BCUT2D eigenvalue weighted by Gasteiger charge is -2.22. The van der Waals surface area contributed by atoms with E-state index in [9.17, 15) is 13.2 Å². The Morgan fingerprint density at radius 2 is 1.71 bits per heavy atom. The number of rotatable bonds is 7. The van der Waals surface area contributed by atoms with Crippen molar-refractivity contribution in [3.63, 3.8) is 0 Å². The number of fused-ring (bicyclic) bond motifs is 1. The van der Waals surface area contributed by atoms with E-state index in [2.05, 4.69) is 15.5 Å². The fourth-order valence-electron chi connectivity index (χ4n) is 3.36. The largest absolute Gasteiger partial charge is 0.271 e. The van der Waals surface area contributed by atoms with E-state index < -0.39 is 15.9 Å². The van der Waals surface area contributed by atoms with Gasteiger partial charge in [0.1, 0.15) is 5.15 Å². The van der Waals surface area contributed by atoms with Crippen molar-refractivity contribution in [1.82, 2.24) is 10.4 Å². The van der Waals surface area contributed by atoms with Gasteiger partial charge in [0.05, 0.1) is 30.2 Å². The summed E-state index contributed by atoms with van der Waals surface area (Å²) in [6.07, 6.45) is 2.55. The van der Waals surface area contributed by atoms with E-state index in [1.165, 1.54) is 22.7 Å². The molecule has 0 aliphatic carbocycles. The van der Waals surface area contributed by atoms with Crippen molar-refractivity contribution in [3.05, 3.63) is 106 Å². The lowest BCUT2D eigenvalue weighted by Crippen LogP contribution is -2.29. The first-order valence-electron chi connectivity index (χ1n) is 10.4. The molecule has 0 spiro atoms. The molecule has 178 valence electrons. The van der Waals surface area contributed by atoms with Gasteiger partial charge in [0.25, 0.3) is 5.91 Å². The third-order valence-electron chi connectivity index (χ3n) is 5.13. The SMILES string of the molecule is CS(=O)(=O)N(Cc1ccc(Cl)cc1)c1ccc(C(=O)N/N=C/c2cc3ccccc3nc2Cl)cc1. The van der Waals surface area contributed by atoms with Crippen LogP contribution in [0.3, 0.4) is 0 Å². The average Bonchev–Trinajstić information content (AvgIpc) is 2.83. The topological polar surface area (TPSA) is 91.7 Å². The maximum Gasteiger partial charge on any atom is 0.271 e. The molecule has 3 aromatic carbocycles. The van der Waals surface area contributed by atoms with Gasteiger partial charge >= 0.3 is 0 Å². The van der Waals surface area contributed by atoms with E-state index in [0.29, 0.717) is 21.8 Å². The molecule has 35 heavy (non-hydrogen) atoms. The van der Waals surface area contributed by atoms with Crippen LogP contribution in [-0.4, -0.2) is 31.8 Å². The fraction of sp³-hybridized carbons (Fsp3) is 0.0800. The Kier molecular flexibility index (Phi) is 7.35. The number of carbonyl (C=O) groups is 1. The Morgan fingerprint density at radius 3 is 2.40 bits per heavy atom. The van der Waals surface area contributed by atoms with Gasteiger partial charge in [0, 0.05) is 21.5 Å². The molecule has 1 N–H and O–H groups in total. The molecule has 1 amide bonds. The number of pyridine rings is 1. The van der Waals surface area contributed by atoms with Crippen molar-refractivity contribution in [3.8, 4) is 0 Å². The second-order valence-corrected chi connectivity index (χ2v) is 10.4. The first-order chi connectivity index (χ1) is 16.7. The van der Waals surface area contributed by atoms with E-state index in [-0.39, 0.29) is 11.7 Å². The number of sulfonamides is 1. The third kappa shape index (κ3) is 6.16. The van der Waals surface area contributed by atoms with Crippen LogP contribution in [0.1, 0.15) is 21.5 Å². The zero-order valence-electron chi connectivity index (χ0n) is 18.5. The van der Waals surface area contributed by atoms with Crippen LogP contribution >= 0.6 is 23.2 Å². The van der Waals surface area contributed by atoms with Crippen LogP contribution < -0.4 is 9.73 Å². The number of benzene rings is 3. The number of amides is 1. The van der Waals surface area contributed by atoms with E-state index in [0.717, 1.165) is 22.7 Å². The molecule has 1 aromatic heterocycles. The monoisotopic (exact) mass is 526 g/mol. The Balaban J connectivity index is 1.47. The van der Waals surface area contributed by atoms with Crippen molar-refractivity contribution in [2.45, 2.75) is 6.54 Å². The number of aromatic nitrogens is 1. The lowest BCUT2D eigenvalue weighted by molar-refractivity contribution is 0.0955. The van der Waals surface area contributed by atoms with E-state index >= 15 is 0 Å². The molecule has 0 aliphatic heterocycles. The highest BCUT2D eigenvalue weighted by Crippen LogP contribution is 2.22. The van der Waals surface area contributed by atoms with E-state index in [1.54, 1.807) is 36.4 Å². The molecule has 4 rings (SSSR count). The summed E-state index contributed by atoms with van der Waals surface area (Å²) in [5.41, 5.74) is 5.29. The first kappa shape index (κ1) is 24.7. The molecule has 10 heteroatoms. The van der Waals surface area contributed by atoms with Gasteiger partial charge in [-0.1, -0.05) is 53.5 Å². The minimum absolute atomic E-state index is 0.131. The van der Waals surface area contributed by atoms with Crippen LogP contribution in [0.15, 0.2) is 84.0 Å². The van der Waals surface area contributed by atoms with Crippen LogP contribution in [-0.2, 0) is 16.6 Å². The summed E-state index contributed by atoms with van der Waals surface area (Å²) in [5.74, 6) is -0.457. The number of anilines is 1. The zero-order valence-corrected chi connectivity index (χ0v) is 20.8. The summed E-state index contributed by atoms with van der Waals surface area (Å²) in [5, 5.41) is 5.71. The van der Waals surface area contributed by atoms with E-state index in [4.69, 9.17) is 23.2 Å². The standard InChI is InChI=1S/C25H20Cl2N4O3S/c1-35(33,34)31(16-17-6-10-21(26)11-7-17)22-12-8-18(9-13-22)25(32)30-28-15-20-14-19-4-2-3-5-23(19)29-24(20)27/h2-15H,16H2,1H3,(H,30,32)/b28-15+. The minimum atomic E-state index is -3.57. The number of hydrazone groups is 1. The Bertz CT molecular complexity index is 1510. The molecule has 0 aliphatic rings. The predicted octanol–water partition coefficient (Wildman–Crippen LogP) is 5.27. The smallest absolute Gasteiger partial charge is 0.267 e. The summed E-state index contributed by atoms with van der Waals surface area (Å²) in [4.78, 5) is 16.8. The van der Waals surface area contributed by atoms with E-state index in [1.807, 2.05) is 30.3 Å². The number of hydrogen-bond acceptors (Lipinski definition) is 5. The molecule has 0 unspecified atom stereocenters. The number of carbonyl (C=O) groups excluding carboxylic acids is 1.